The van der Waals surface area contributed by atoms with Gasteiger partial charge in [-0.15, -0.1) is 0 Å². The highest BCUT2D eigenvalue weighted by Crippen LogP contribution is 2.28. The van der Waals surface area contributed by atoms with Crippen LogP contribution < -0.4 is 14.9 Å². The van der Waals surface area contributed by atoms with Crippen LogP contribution in [0.2, 0.25) is 0 Å². The summed E-state index contributed by atoms with van der Waals surface area (Å²) in [5, 5.41) is 6.48. The Morgan fingerprint density at radius 1 is 1.03 bits per heavy atom. The van der Waals surface area contributed by atoms with Crippen LogP contribution in [0.15, 0.2) is 71.8 Å². The van der Waals surface area contributed by atoms with Crippen molar-refractivity contribution in [1.82, 2.24) is 9.55 Å². The van der Waals surface area contributed by atoms with Gasteiger partial charge in [0.2, 0.25) is 5.13 Å². The molecule has 2 heterocycles. The zero-order valence-electron chi connectivity index (χ0n) is 19.4. The lowest BCUT2D eigenvalue weighted by Crippen LogP contribution is -2.09. The number of hydrogen-bond donors (Lipinski definition) is 1. The summed E-state index contributed by atoms with van der Waals surface area (Å²) in [7, 11) is 1.66. The largest absolute Gasteiger partial charge is 0.497 e. The molecule has 0 saturated heterocycles. The van der Waals surface area contributed by atoms with Gasteiger partial charge in [-0.2, -0.15) is 5.10 Å². The second-order valence-electron chi connectivity index (χ2n) is 8.06. The maximum atomic E-state index is 6.00. The van der Waals surface area contributed by atoms with E-state index in [4.69, 9.17) is 9.47 Å². The maximum Gasteiger partial charge on any atom is 0.204 e. The number of hydrogen-bond acceptors (Lipinski definition) is 6. The normalized spacial score (nSPS) is 11.5. The molecule has 0 atom stereocenters. The zero-order chi connectivity index (χ0) is 23.5. The van der Waals surface area contributed by atoms with E-state index < -0.39 is 0 Å². The number of ether oxygens (including phenoxy) is 2. The minimum absolute atomic E-state index is 0.548. The predicted molar refractivity (Wildman–Crippen MR) is 141 cm³/mol. The van der Waals surface area contributed by atoms with Gasteiger partial charge in [0, 0.05) is 28.2 Å². The van der Waals surface area contributed by atoms with Gasteiger partial charge in [-0.25, -0.2) is 4.98 Å². The summed E-state index contributed by atoms with van der Waals surface area (Å²) in [5.41, 5.74) is 8.70. The second kappa shape index (κ2) is 9.57. The molecule has 2 aromatic heterocycles. The standard InChI is InChI=1S/C27H26N4O2S/c1-18-11-12-25-22(15-18)23(17-28-30-27-29-24-9-4-5-10-26(24)34-27)19(2)31(25)13-14-33-21-8-6-7-20(16-21)32-3/h4-12,15-17H,13-14H2,1-3H3,(H,29,30)/b28-17+. The number of thiazole rings is 1. The van der Waals surface area contributed by atoms with E-state index in [1.807, 2.05) is 48.7 Å². The molecule has 0 aliphatic carbocycles. The number of anilines is 1. The number of nitrogens with zero attached hydrogens (tertiary/aromatic N) is 3. The average Bonchev–Trinajstić information content (AvgIpc) is 3.38. The van der Waals surface area contributed by atoms with Gasteiger partial charge in [0.15, 0.2) is 0 Å². The van der Waals surface area contributed by atoms with Gasteiger partial charge >= 0.3 is 0 Å². The zero-order valence-corrected chi connectivity index (χ0v) is 20.2. The topological polar surface area (TPSA) is 60.7 Å². The smallest absolute Gasteiger partial charge is 0.204 e. The molecular weight excluding hydrogens is 444 g/mol. The first-order valence-electron chi connectivity index (χ1n) is 11.1. The Morgan fingerprint density at radius 2 is 1.88 bits per heavy atom. The highest BCUT2D eigenvalue weighted by Gasteiger charge is 2.13. The number of aryl methyl sites for hydroxylation is 1. The SMILES string of the molecule is COc1cccc(OCCn2c(C)c(/C=N/Nc3nc4ccccc4s3)c3cc(C)ccc32)c1. The summed E-state index contributed by atoms with van der Waals surface area (Å²) in [6.07, 6.45) is 1.89. The van der Waals surface area contributed by atoms with Gasteiger partial charge < -0.3 is 14.0 Å². The van der Waals surface area contributed by atoms with Gasteiger partial charge in [0.1, 0.15) is 18.1 Å². The molecule has 0 amide bonds. The molecule has 0 aliphatic rings. The van der Waals surface area contributed by atoms with E-state index in [9.17, 15) is 0 Å². The summed E-state index contributed by atoms with van der Waals surface area (Å²) >= 11 is 1.59. The van der Waals surface area contributed by atoms with Crippen LogP contribution in [-0.4, -0.2) is 29.5 Å². The van der Waals surface area contributed by atoms with Crippen LogP contribution in [-0.2, 0) is 6.54 Å². The molecule has 0 spiro atoms. The molecule has 1 N–H and O–H groups in total. The quantitative estimate of drug-likeness (QED) is 0.211. The number of hydrazone groups is 1. The van der Waals surface area contributed by atoms with Crippen LogP contribution in [0.3, 0.4) is 0 Å². The number of para-hydroxylation sites is 1. The van der Waals surface area contributed by atoms with Crippen molar-refractivity contribution < 1.29 is 9.47 Å². The number of rotatable bonds is 8. The third-order valence-electron chi connectivity index (χ3n) is 5.80. The molecule has 7 heteroatoms. The summed E-state index contributed by atoms with van der Waals surface area (Å²) in [4.78, 5) is 4.59. The highest BCUT2D eigenvalue weighted by molar-refractivity contribution is 7.22. The summed E-state index contributed by atoms with van der Waals surface area (Å²) in [6.45, 7) is 5.51. The van der Waals surface area contributed by atoms with Crippen molar-refractivity contribution in [2.75, 3.05) is 19.1 Å². The maximum absolute atomic E-state index is 6.00. The lowest BCUT2D eigenvalue weighted by molar-refractivity contribution is 0.297. The van der Waals surface area contributed by atoms with Crippen molar-refractivity contribution in [1.29, 1.82) is 0 Å². The molecule has 34 heavy (non-hydrogen) atoms. The number of benzene rings is 3. The fourth-order valence-electron chi connectivity index (χ4n) is 4.09. The van der Waals surface area contributed by atoms with Crippen molar-refractivity contribution in [3.8, 4) is 11.5 Å². The van der Waals surface area contributed by atoms with Crippen LogP contribution in [0.5, 0.6) is 11.5 Å². The number of fused-ring (bicyclic) bond motifs is 2. The lowest BCUT2D eigenvalue weighted by atomic mass is 10.1. The number of methoxy groups -OCH3 is 1. The molecule has 0 fully saturated rings. The Bertz CT molecular complexity index is 1450. The average molecular weight is 471 g/mol. The second-order valence-corrected chi connectivity index (χ2v) is 9.09. The third kappa shape index (κ3) is 4.47. The minimum atomic E-state index is 0.548. The Morgan fingerprint density at radius 3 is 2.74 bits per heavy atom. The van der Waals surface area contributed by atoms with E-state index in [2.05, 4.69) is 58.2 Å². The van der Waals surface area contributed by atoms with Crippen LogP contribution in [0.1, 0.15) is 16.8 Å². The Balaban J connectivity index is 1.37. The van der Waals surface area contributed by atoms with Crippen molar-refractivity contribution >= 4 is 43.8 Å². The van der Waals surface area contributed by atoms with E-state index in [1.54, 1.807) is 18.4 Å². The third-order valence-corrected chi connectivity index (χ3v) is 6.74. The molecule has 172 valence electrons. The first kappa shape index (κ1) is 22.0. The van der Waals surface area contributed by atoms with Crippen molar-refractivity contribution in [3.05, 3.63) is 83.6 Å². The molecule has 6 nitrogen and oxygen atoms in total. The monoisotopic (exact) mass is 470 g/mol. The Kier molecular flexibility index (Phi) is 6.18. The van der Waals surface area contributed by atoms with E-state index in [-0.39, 0.29) is 0 Å². The highest BCUT2D eigenvalue weighted by atomic mass is 32.1. The first-order valence-corrected chi connectivity index (χ1v) is 11.9. The summed E-state index contributed by atoms with van der Waals surface area (Å²) in [5.74, 6) is 1.58. The molecule has 0 bridgehead atoms. The van der Waals surface area contributed by atoms with Crippen LogP contribution >= 0.6 is 11.3 Å². The van der Waals surface area contributed by atoms with E-state index in [0.29, 0.717) is 6.61 Å². The van der Waals surface area contributed by atoms with E-state index in [0.717, 1.165) is 44.6 Å². The van der Waals surface area contributed by atoms with Gasteiger partial charge in [0.25, 0.3) is 0 Å². The molecule has 3 aromatic carbocycles. The Hall–Kier alpha value is -3.84. The fourth-order valence-corrected chi connectivity index (χ4v) is 4.91. The van der Waals surface area contributed by atoms with Crippen molar-refractivity contribution in [2.45, 2.75) is 20.4 Å². The lowest BCUT2D eigenvalue weighted by Gasteiger charge is -2.11. The van der Waals surface area contributed by atoms with Crippen molar-refractivity contribution in [3.63, 3.8) is 0 Å². The van der Waals surface area contributed by atoms with E-state index in [1.165, 1.54) is 16.5 Å². The van der Waals surface area contributed by atoms with Gasteiger partial charge in [-0.3, -0.25) is 5.43 Å². The molecule has 0 unspecified atom stereocenters. The summed E-state index contributed by atoms with van der Waals surface area (Å²) in [6, 6.07) is 22.3. The van der Waals surface area contributed by atoms with Gasteiger partial charge in [-0.1, -0.05) is 41.2 Å². The van der Waals surface area contributed by atoms with Crippen LogP contribution in [0, 0.1) is 13.8 Å². The minimum Gasteiger partial charge on any atom is -0.497 e. The van der Waals surface area contributed by atoms with E-state index >= 15 is 0 Å². The number of aromatic nitrogens is 2. The summed E-state index contributed by atoms with van der Waals surface area (Å²) < 4.78 is 14.7. The number of nitrogens with one attached hydrogen (secondary N) is 1. The first-order chi connectivity index (χ1) is 16.6. The van der Waals surface area contributed by atoms with Crippen LogP contribution in [0.4, 0.5) is 5.13 Å². The van der Waals surface area contributed by atoms with Gasteiger partial charge in [-0.05, 0) is 50.2 Å². The molecular formula is C27H26N4O2S. The molecule has 0 radical (unpaired) electrons. The molecule has 0 saturated carbocycles. The van der Waals surface area contributed by atoms with Gasteiger partial charge in [0.05, 0.1) is 30.1 Å². The van der Waals surface area contributed by atoms with Crippen molar-refractivity contribution in [2.24, 2.45) is 5.10 Å². The predicted octanol–water partition coefficient (Wildman–Crippen LogP) is 6.40. The fraction of sp³-hybridized carbons (Fsp3) is 0.185. The Labute approximate surface area is 202 Å². The van der Waals surface area contributed by atoms with Crippen LogP contribution in [0.25, 0.3) is 21.1 Å². The molecule has 0 aliphatic heterocycles. The molecule has 5 rings (SSSR count). The molecule has 5 aromatic rings.